The number of aromatic nitrogens is 1. The summed E-state index contributed by atoms with van der Waals surface area (Å²) in [5.41, 5.74) is 1.75. The van der Waals surface area contributed by atoms with E-state index in [1.807, 2.05) is 25.1 Å². The molecule has 0 bridgehead atoms. The topological polar surface area (TPSA) is 72.0 Å². The minimum Gasteiger partial charge on any atom is -0.496 e. The molecule has 7 nitrogen and oxygen atoms in total. The van der Waals surface area contributed by atoms with E-state index in [1.54, 1.807) is 26.4 Å². The van der Waals surface area contributed by atoms with E-state index in [-0.39, 0.29) is 4.90 Å². The number of halogens is 1. The maximum Gasteiger partial charge on any atom is 0.243 e. The van der Waals surface area contributed by atoms with Gasteiger partial charge in [-0.25, -0.2) is 13.4 Å². The fraction of sp³-hybridized carbons (Fsp3) is 0.318. The number of piperazine rings is 1. The molecule has 2 heterocycles. The van der Waals surface area contributed by atoms with Gasteiger partial charge in [0.05, 0.1) is 19.1 Å². The van der Waals surface area contributed by atoms with Crippen LogP contribution in [-0.2, 0) is 10.0 Å². The predicted octanol–water partition coefficient (Wildman–Crippen LogP) is 3.72. The van der Waals surface area contributed by atoms with E-state index in [0.29, 0.717) is 37.0 Å². The Labute approximate surface area is 187 Å². The van der Waals surface area contributed by atoms with Crippen LogP contribution in [0.15, 0.2) is 47.4 Å². The Morgan fingerprint density at radius 1 is 0.935 bits per heavy atom. The molecule has 1 aliphatic rings. The summed E-state index contributed by atoms with van der Waals surface area (Å²) in [6, 6.07) is 12.0. The average Bonchev–Trinajstić information content (AvgIpc) is 2.78. The Kier molecular flexibility index (Phi) is 5.96. The first kappa shape index (κ1) is 21.7. The number of hydrogen-bond acceptors (Lipinski definition) is 6. The molecule has 1 aromatic heterocycles. The van der Waals surface area contributed by atoms with Gasteiger partial charge in [-0.2, -0.15) is 4.31 Å². The van der Waals surface area contributed by atoms with E-state index >= 15 is 0 Å². The number of pyridine rings is 1. The SMILES string of the molecule is COc1ccc(OC)c2c(C)cc(N3CCN(S(=O)(=O)c4ccc(Cl)cc4)CC3)nc12. The van der Waals surface area contributed by atoms with Crippen molar-refractivity contribution < 1.29 is 17.9 Å². The number of sulfonamides is 1. The smallest absolute Gasteiger partial charge is 0.243 e. The van der Waals surface area contributed by atoms with Crippen molar-refractivity contribution in [3.05, 3.63) is 53.1 Å². The second-order valence-corrected chi connectivity index (χ2v) is 9.71. The molecule has 0 unspecified atom stereocenters. The third kappa shape index (κ3) is 4.03. The van der Waals surface area contributed by atoms with Gasteiger partial charge in [0.25, 0.3) is 0 Å². The van der Waals surface area contributed by atoms with Crippen molar-refractivity contribution in [3.8, 4) is 11.5 Å². The number of nitrogens with zero attached hydrogens (tertiary/aromatic N) is 3. The Hall–Kier alpha value is -2.55. The summed E-state index contributed by atoms with van der Waals surface area (Å²) in [7, 11) is -0.306. The van der Waals surface area contributed by atoms with E-state index in [4.69, 9.17) is 26.1 Å². The van der Waals surface area contributed by atoms with Gasteiger partial charge in [-0.3, -0.25) is 0 Å². The number of anilines is 1. The maximum absolute atomic E-state index is 12.9. The molecule has 4 rings (SSSR count). The van der Waals surface area contributed by atoms with E-state index in [0.717, 1.165) is 28.0 Å². The minimum absolute atomic E-state index is 0.252. The zero-order chi connectivity index (χ0) is 22.2. The molecule has 0 atom stereocenters. The molecular formula is C22H24ClN3O4S. The van der Waals surface area contributed by atoms with Crippen molar-refractivity contribution in [2.45, 2.75) is 11.8 Å². The largest absolute Gasteiger partial charge is 0.496 e. The molecule has 2 aromatic carbocycles. The lowest BCUT2D eigenvalue weighted by Gasteiger charge is -2.35. The van der Waals surface area contributed by atoms with Crippen LogP contribution in [0.4, 0.5) is 5.82 Å². The summed E-state index contributed by atoms with van der Waals surface area (Å²) < 4.78 is 38.4. The minimum atomic E-state index is -3.56. The van der Waals surface area contributed by atoms with Crippen LogP contribution < -0.4 is 14.4 Å². The highest BCUT2D eigenvalue weighted by molar-refractivity contribution is 7.89. The number of aryl methyl sites for hydroxylation is 1. The quantitative estimate of drug-likeness (QED) is 0.576. The molecule has 1 saturated heterocycles. The molecule has 3 aromatic rings. The van der Waals surface area contributed by atoms with Gasteiger partial charge in [0.2, 0.25) is 10.0 Å². The van der Waals surface area contributed by atoms with Crippen molar-refractivity contribution in [3.63, 3.8) is 0 Å². The van der Waals surface area contributed by atoms with Crippen LogP contribution in [-0.4, -0.2) is 58.1 Å². The first-order valence-corrected chi connectivity index (χ1v) is 11.7. The Bertz CT molecular complexity index is 1210. The van der Waals surface area contributed by atoms with Crippen LogP contribution in [0.1, 0.15) is 5.56 Å². The summed E-state index contributed by atoms with van der Waals surface area (Å²) in [5.74, 6) is 2.20. The number of hydrogen-bond donors (Lipinski definition) is 0. The Morgan fingerprint density at radius 3 is 2.16 bits per heavy atom. The maximum atomic E-state index is 12.9. The zero-order valence-electron chi connectivity index (χ0n) is 17.6. The predicted molar refractivity (Wildman–Crippen MR) is 122 cm³/mol. The first-order valence-electron chi connectivity index (χ1n) is 9.88. The van der Waals surface area contributed by atoms with Crippen LogP contribution in [0.25, 0.3) is 10.9 Å². The molecule has 9 heteroatoms. The van der Waals surface area contributed by atoms with Gasteiger partial charge >= 0.3 is 0 Å². The van der Waals surface area contributed by atoms with Gasteiger partial charge in [-0.1, -0.05) is 11.6 Å². The molecule has 0 radical (unpaired) electrons. The van der Waals surface area contributed by atoms with Crippen molar-refractivity contribution in [1.82, 2.24) is 9.29 Å². The summed E-state index contributed by atoms with van der Waals surface area (Å²) >= 11 is 5.89. The van der Waals surface area contributed by atoms with E-state index < -0.39 is 10.0 Å². The molecule has 1 aliphatic heterocycles. The van der Waals surface area contributed by atoms with Crippen molar-refractivity contribution in [2.24, 2.45) is 0 Å². The molecule has 0 amide bonds. The second-order valence-electron chi connectivity index (χ2n) is 7.34. The van der Waals surface area contributed by atoms with Gasteiger partial charge in [0.1, 0.15) is 22.8 Å². The third-order valence-electron chi connectivity index (χ3n) is 5.52. The highest BCUT2D eigenvalue weighted by Gasteiger charge is 2.29. The molecule has 1 fully saturated rings. The van der Waals surface area contributed by atoms with Crippen molar-refractivity contribution in [1.29, 1.82) is 0 Å². The lowest BCUT2D eigenvalue weighted by atomic mass is 10.1. The molecular weight excluding hydrogens is 438 g/mol. The molecule has 0 spiro atoms. The normalized spacial score (nSPS) is 15.3. The average molecular weight is 462 g/mol. The highest BCUT2D eigenvalue weighted by atomic mass is 35.5. The van der Waals surface area contributed by atoms with Gasteiger partial charge < -0.3 is 14.4 Å². The molecule has 0 saturated carbocycles. The number of methoxy groups -OCH3 is 2. The number of benzene rings is 2. The molecule has 0 aliphatic carbocycles. The zero-order valence-corrected chi connectivity index (χ0v) is 19.2. The lowest BCUT2D eigenvalue weighted by Crippen LogP contribution is -2.48. The van der Waals surface area contributed by atoms with Crippen LogP contribution >= 0.6 is 11.6 Å². The number of fused-ring (bicyclic) bond motifs is 1. The summed E-state index contributed by atoms with van der Waals surface area (Å²) in [5, 5.41) is 1.42. The lowest BCUT2D eigenvalue weighted by molar-refractivity contribution is 0.383. The standard InChI is InChI=1S/C22H24ClN3O4S/c1-15-14-20(24-22-19(30-3)9-8-18(29-2)21(15)22)25-10-12-26(13-11-25)31(27,28)17-6-4-16(23)5-7-17/h4-9,14H,10-13H2,1-3H3. The first-order chi connectivity index (χ1) is 14.8. The van der Waals surface area contributed by atoms with Gasteiger partial charge in [0.15, 0.2) is 0 Å². The summed E-state index contributed by atoms with van der Waals surface area (Å²) in [4.78, 5) is 7.18. The van der Waals surface area contributed by atoms with E-state index in [2.05, 4.69) is 4.90 Å². The van der Waals surface area contributed by atoms with Crippen molar-refractivity contribution >= 4 is 38.3 Å². The molecule has 0 N–H and O–H groups in total. The second kappa shape index (κ2) is 8.53. The fourth-order valence-corrected chi connectivity index (χ4v) is 5.42. The monoisotopic (exact) mass is 461 g/mol. The third-order valence-corrected chi connectivity index (χ3v) is 7.69. The summed E-state index contributed by atoms with van der Waals surface area (Å²) in [6.07, 6.45) is 0. The molecule has 31 heavy (non-hydrogen) atoms. The van der Waals surface area contributed by atoms with Crippen LogP contribution in [0.3, 0.4) is 0 Å². The van der Waals surface area contributed by atoms with E-state index in [9.17, 15) is 8.42 Å². The Morgan fingerprint density at radius 2 is 1.55 bits per heavy atom. The van der Waals surface area contributed by atoms with Crippen LogP contribution in [0.2, 0.25) is 5.02 Å². The Balaban J connectivity index is 1.59. The van der Waals surface area contributed by atoms with Crippen molar-refractivity contribution in [2.75, 3.05) is 45.3 Å². The number of rotatable bonds is 5. The molecule has 164 valence electrons. The van der Waals surface area contributed by atoms with Gasteiger partial charge in [-0.05, 0) is 55.0 Å². The fourth-order valence-electron chi connectivity index (χ4n) is 3.87. The summed E-state index contributed by atoms with van der Waals surface area (Å²) in [6.45, 7) is 3.84. The van der Waals surface area contributed by atoms with Crippen LogP contribution in [0.5, 0.6) is 11.5 Å². The van der Waals surface area contributed by atoms with E-state index in [1.165, 1.54) is 16.4 Å². The van der Waals surface area contributed by atoms with Gasteiger partial charge in [-0.15, -0.1) is 0 Å². The van der Waals surface area contributed by atoms with Crippen LogP contribution in [0, 0.1) is 6.92 Å². The van der Waals surface area contributed by atoms with Gasteiger partial charge in [0, 0.05) is 36.6 Å². The highest BCUT2D eigenvalue weighted by Crippen LogP contribution is 2.36. The number of ether oxygens (including phenoxy) is 2.